The molecular formula is C17H16FN5O2S. The predicted molar refractivity (Wildman–Crippen MR) is 97.4 cm³/mol. The van der Waals surface area contributed by atoms with Crippen LogP contribution in [0.5, 0.6) is 0 Å². The number of pyridine rings is 1. The van der Waals surface area contributed by atoms with Gasteiger partial charge in [0.15, 0.2) is 11.0 Å². The van der Waals surface area contributed by atoms with Crippen molar-refractivity contribution in [2.45, 2.75) is 5.16 Å². The number of aromatic nitrogens is 4. The van der Waals surface area contributed by atoms with Crippen molar-refractivity contribution in [3.8, 4) is 11.4 Å². The first-order valence-electron chi connectivity index (χ1n) is 7.69. The number of aryl methyl sites for hydroxylation is 1. The van der Waals surface area contributed by atoms with Crippen LogP contribution in [0.1, 0.15) is 0 Å². The van der Waals surface area contributed by atoms with E-state index in [9.17, 15) is 14.0 Å². The van der Waals surface area contributed by atoms with Crippen LogP contribution in [-0.2, 0) is 18.9 Å². The highest BCUT2D eigenvalue weighted by molar-refractivity contribution is 7.99. The lowest BCUT2D eigenvalue weighted by Crippen LogP contribution is -2.15. The van der Waals surface area contributed by atoms with Gasteiger partial charge in [-0.25, -0.2) is 4.39 Å². The van der Waals surface area contributed by atoms with Gasteiger partial charge in [-0.3, -0.25) is 9.59 Å². The van der Waals surface area contributed by atoms with E-state index in [1.54, 1.807) is 43.1 Å². The quantitative estimate of drug-likeness (QED) is 0.692. The minimum Gasteiger partial charge on any atom is -0.323 e. The molecule has 9 heteroatoms. The van der Waals surface area contributed by atoms with E-state index in [1.807, 2.05) is 0 Å². The van der Waals surface area contributed by atoms with Gasteiger partial charge < -0.3 is 14.5 Å². The Balaban J connectivity index is 1.68. The van der Waals surface area contributed by atoms with Crippen molar-refractivity contribution >= 4 is 23.4 Å². The zero-order chi connectivity index (χ0) is 18.7. The summed E-state index contributed by atoms with van der Waals surface area (Å²) in [5, 5.41) is 11.3. The molecule has 0 aliphatic carbocycles. The highest BCUT2D eigenvalue weighted by atomic mass is 32.2. The van der Waals surface area contributed by atoms with Gasteiger partial charge in [-0.2, -0.15) is 0 Å². The van der Waals surface area contributed by atoms with Crippen LogP contribution < -0.4 is 10.9 Å². The van der Waals surface area contributed by atoms with Gasteiger partial charge in [0, 0.05) is 31.9 Å². The molecule has 2 heterocycles. The Morgan fingerprint density at radius 2 is 1.96 bits per heavy atom. The number of rotatable bonds is 5. The Labute approximate surface area is 152 Å². The van der Waals surface area contributed by atoms with Crippen LogP contribution in [0.4, 0.5) is 10.1 Å². The number of nitrogens with zero attached hydrogens (tertiary/aromatic N) is 4. The fourth-order valence-corrected chi connectivity index (χ4v) is 3.01. The zero-order valence-electron chi connectivity index (χ0n) is 14.1. The Bertz CT molecular complexity index is 1010. The number of carbonyl (C=O) groups is 1. The SMILES string of the molecule is Cn1c(SCC(=O)Nc2ccccc2F)nnc1-c1ccc(=O)n(C)c1. The average Bonchev–Trinajstić information content (AvgIpc) is 2.98. The smallest absolute Gasteiger partial charge is 0.250 e. The maximum atomic E-state index is 13.6. The first kappa shape index (κ1) is 17.9. The fourth-order valence-electron chi connectivity index (χ4n) is 2.30. The molecule has 0 spiro atoms. The molecular weight excluding hydrogens is 357 g/mol. The number of hydrogen-bond donors (Lipinski definition) is 1. The Morgan fingerprint density at radius 1 is 1.19 bits per heavy atom. The molecule has 3 rings (SSSR count). The lowest BCUT2D eigenvalue weighted by molar-refractivity contribution is -0.113. The first-order chi connectivity index (χ1) is 12.5. The third-order valence-corrected chi connectivity index (χ3v) is 4.68. The van der Waals surface area contributed by atoms with E-state index < -0.39 is 5.82 Å². The first-order valence-corrected chi connectivity index (χ1v) is 8.68. The second-order valence-electron chi connectivity index (χ2n) is 5.55. The average molecular weight is 373 g/mol. The molecule has 2 aromatic heterocycles. The number of anilines is 1. The number of para-hydroxylation sites is 1. The molecule has 1 amide bonds. The lowest BCUT2D eigenvalue weighted by atomic mass is 10.2. The Hall–Kier alpha value is -2.94. The summed E-state index contributed by atoms with van der Waals surface area (Å²) in [4.78, 5) is 23.5. The number of amides is 1. The van der Waals surface area contributed by atoms with Crippen molar-refractivity contribution in [1.82, 2.24) is 19.3 Å². The minimum absolute atomic E-state index is 0.0631. The standard InChI is InChI=1S/C17H16FN5O2S/c1-22-9-11(7-8-15(22)25)16-20-21-17(23(16)2)26-10-14(24)19-13-6-4-3-5-12(13)18/h3-9H,10H2,1-2H3,(H,19,24). The van der Waals surface area contributed by atoms with Gasteiger partial charge in [-0.1, -0.05) is 23.9 Å². The highest BCUT2D eigenvalue weighted by Crippen LogP contribution is 2.22. The molecule has 0 saturated carbocycles. The van der Waals surface area contributed by atoms with E-state index >= 15 is 0 Å². The second-order valence-corrected chi connectivity index (χ2v) is 6.49. The Kier molecular flexibility index (Phi) is 5.17. The molecule has 0 radical (unpaired) electrons. The summed E-state index contributed by atoms with van der Waals surface area (Å²) in [6, 6.07) is 9.11. The van der Waals surface area contributed by atoms with Crippen molar-refractivity contribution in [1.29, 1.82) is 0 Å². The molecule has 7 nitrogen and oxygen atoms in total. The molecule has 134 valence electrons. The normalized spacial score (nSPS) is 10.7. The molecule has 0 unspecified atom stereocenters. The monoisotopic (exact) mass is 373 g/mol. The van der Waals surface area contributed by atoms with Crippen LogP contribution in [0.25, 0.3) is 11.4 Å². The van der Waals surface area contributed by atoms with Gasteiger partial charge in [0.2, 0.25) is 11.5 Å². The largest absolute Gasteiger partial charge is 0.323 e. The molecule has 0 aliphatic rings. The summed E-state index contributed by atoms with van der Waals surface area (Å²) >= 11 is 1.19. The van der Waals surface area contributed by atoms with Crippen molar-refractivity contribution in [2.24, 2.45) is 14.1 Å². The molecule has 3 aromatic rings. The third-order valence-electron chi connectivity index (χ3n) is 3.66. The minimum atomic E-state index is -0.485. The molecule has 1 N–H and O–H groups in total. The van der Waals surface area contributed by atoms with E-state index in [1.165, 1.54) is 34.5 Å². The van der Waals surface area contributed by atoms with E-state index in [-0.39, 0.29) is 22.9 Å². The topological polar surface area (TPSA) is 81.8 Å². The fraction of sp³-hybridized carbons (Fsp3) is 0.176. The summed E-state index contributed by atoms with van der Waals surface area (Å²) in [6.45, 7) is 0. The molecule has 0 saturated heterocycles. The number of thioether (sulfide) groups is 1. The molecule has 1 aromatic carbocycles. The molecule has 0 aliphatic heterocycles. The summed E-state index contributed by atoms with van der Waals surface area (Å²) in [5.41, 5.74) is 0.766. The molecule has 0 bridgehead atoms. The van der Waals surface area contributed by atoms with E-state index in [0.29, 0.717) is 11.0 Å². The van der Waals surface area contributed by atoms with Crippen LogP contribution in [0, 0.1) is 5.82 Å². The van der Waals surface area contributed by atoms with Crippen LogP contribution in [-0.4, -0.2) is 31.0 Å². The van der Waals surface area contributed by atoms with Crippen LogP contribution in [0.15, 0.2) is 52.5 Å². The van der Waals surface area contributed by atoms with Gasteiger partial charge >= 0.3 is 0 Å². The summed E-state index contributed by atoms with van der Waals surface area (Å²) < 4.78 is 16.8. The summed E-state index contributed by atoms with van der Waals surface area (Å²) in [6.07, 6.45) is 1.67. The Morgan fingerprint density at radius 3 is 2.69 bits per heavy atom. The van der Waals surface area contributed by atoms with Crippen LogP contribution in [0.2, 0.25) is 0 Å². The highest BCUT2D eigenvalue weighted by Gasteiger charge is 2.14. The number of nitrogens with one attached hydrogen (secondary N) is 1. The van der Waals surface area contributed by atoms with Gasteiger partial charge in [0.25, 0.3) is 0 Å². The van der Waals surface area contributed by atoms with Gasteiger partial charge in [0.05, 0.1) is 11.4 Å². The van der Waals surface area contributed by atoms with E-state index in [0.717, 1.165) is 5.56 Å². The number of benzene rings is 1. The number of hydrogen-bond acceptors (Lipinski definition) is 5. The summed E-state index contributed by atoms with van der Waals surface area (Å²) in [7, 11) is 3.43. The molecule has 26 heavy (non-hydrogen) atoms. The van der Waals surface area contributed by atoms with Crippen molar-refractivity contribution < 1.29 is 9.18 Å². The summed E-state index contributed by atoms with van der Waals surface area (Å²) in [5.74, 6) is -0.182. The number of carbonyl (C=O) groups excluding carboxylic acids is 1. The van der Waals surface area contributed by atoms with Gasteiger partial charge in [-0.05, 0) is 18.2 Å². The van der Waals surface area contributed by atoms with Crippen LogP contribution >= 0.6 is 11.8 Å². The maximum absolute atomic E-state index is 13.6. The lowest BCUT2D eigenvalue weighted by Gasteiger charge is -2.07. The van der Waals surface area contributed by atoms with Crippen molar-refractivity contribution in [3.63, 3.8) is 0 Å². The molecule has 0 fully saturated rings. The van der Waals surface area contributed by atoms with Crippen molar-refractivity contribution in [2.75, 3.05) is 11.1 Å². The van der Waals surface area contributed by atoms with E-state index in [4.69, 9.17) is 0 Å². The number of halogens is 1. The predicted octanol–water partition coefficient (Wildman–Crippen LogP) is 2.05. The van der Waals surface area contributed by atoms with Crippen LogP contribution in [0.3, 0.4) is 0 Å². The van der Waals surface area contributed by atoms with E-state index in [2.05, 4.69) is 15.5 Å². The van der Waals surface area contributed by atoms with Crippen molar-refractivity contribution in [3.05, 3.63) is 58.8 Å². The zero-order valence-corrected chi connectivity index (χ0v) is 15.0. The van der Waals surface area contributed by atoms with Gasteiger partial charge in [0.1, 0.15) is 5.82 Å². The van der Waals surface area contributed by atoms with Gasteiger partial charge in [-0.15, -0.1) is 10.2 Å². The third kappa shape index (κ3) is 3.83. The second kappa shape index (κ2) is 7.52. The molecule has 0 atom stereocenters. The maximum Gasteiger partial charge on any atom is 0.250 e.